The van der Waals surface area contributed by atoms with Crippen LogP contribution in [0, 0.1) is 0 Å². The molecule has 0 aliphatic carbocycles. The number of rotatable bonds is 5. The monoisotopic (exact) mass is 469 g/mol. The number of carbonyl (C=O) groups excluding carboxylic acids is 2. The van der Waals surface area contributed by atoms with E-state index in [1.165, 1.54) is 6.20 Å². The van der Waals surface area contributed by atoms with Crippen molar-refractivity contribution in [3.05, 3.63) is 68.8 Å². The number of thiazole rings is 1. The number of benzene rings is 1. The topological polar surface area (TPSA) is 110 Å². The van der Waals surface area contributed by atoms with Gasteiger partial charge in [-0.1, -0.05) is 11.6 Å². The normalized spacial score (nSPS) is 12.3. The fourth-order valence-electron chi connectivity index (χ4n) is 2.47. The molecule has 31 heavy (non-hydrogen) atoms. The Labute approximate surface area is 183 Å². The quantitative estimate of drug-likeness (QED) is 0.475. The predicted octanol–water partition coefficient (Wildman–Crippen LogP) is 4.54. The third-order valence-corrected chi connectivity index (χ3v) is 5.52. The number of carbonyl (C=O) groups is 2. The highest BCUT2D eigenvalue weighted by Gasteiger charge is 2.34. The van der Waals surface area contributed by atoms with Gasteiger partial charge in [-0.2, -0.15) is 13.2 Å². The van der Waals surface area contributed by atoms with Gasteiger partial charge < -0.3 is 16.4 Å². The minimum atomic E-state index is -4.69. The van der Waals surface area contributed by atoms with Crippen LogP contribution in [0.25, 0.3) is 0 Å². The van der Waals surface area contributed by atoms with Crippen molar-refractivity contribution in [1.29, 1.82) is 0 Å². The highest BCUT2D eigenvalue weighted by atomic mass is 35.5. The average Bonchev–Trinajstić information content (AvgIpc) is 3.19. The van der Waals surface area contributed by atoms with Gasteiger partial charge in [0.05, 0.1) is 22.8 Å². The van der Waals surface area contributed by atoms with Crippen LogP contribution < -0.4 is 16.4 Å². The molecule has 3 rings (SSSR count). The number of halogens is 4. The van der Waals surface area contributed by atoms with Crippen molar-refractivity contribution in [2.24, 2.45) is 0 Å². The molecule has 0 saturated carbocycles. The maximum Gasteiger partial charge on any atom is 0.418 e. The summed E-state index contributed by atoms with van der Waals surface area (Å²) in [4.78, 5) is 32.6. The van der Waals surface area contributed by atoms with Gasteiger partial charge in [-0.15, -0.1) is 11.3 Å². The van der Waals surface area contributed by atoms with E-state index in [2.05, 4.69) is 20.6 Å². The summed E-state index contributed by atoms with van der Waals surface area (Å²) < 4.78 is 38.9. The molecule has 3 aromatic rings. The van der Waals surface area contributed by atoms with E-state index in [0.29, 0.717) is 22.3 Å². The smallest absolute Gasteiger partial charge is 0.399 e. The number of hydrogen-bond donors (Lipinski definition) is 3. The SMILES string of the molecule is C[C@@H](NC(=O)c1ccc(N)cc1)c1ncc(C(=O)Nc2cc(C(F)(F)F)c(Cl)cn2)s1. The third kappa shape index (κ3) is 5.50. The van der Waals surface area contributed by atoms with Gasteiger partial charge in [-0.25, -0.2) is 9.97 Å². The lowest BCUT2D eigenvalue weighted by atomic mass is 10.2. The largest absolute Gasteiger partial charge is 0.418 e. The van der Waals surface area contributed by atoms with E-state index in [1.807, 2.05) is 0 Å². The Morgan fingerprint density at radius 1 is 1.13 bits per heavy atom. The second-order valence-electron chi connectivity index (χ2n) is 6.38. The molecule has 0 spiro atoms. The zero-order valence-corrected chi connectivity index (χ0v) is 17.4. The Morgan fingerprint density at radius 2 is 1.81 bits per heavy atom. The first kappa shape index (κ1) is 22.5. The predicted molar refractivity (Wildman–Crippen MR) is 111 cm³/mol. The molecule has 2 amide bonds. The summed E-state index contributed by atoms with van der Waals surface area (Å²) in [5.41, 5.74) is 5.42. The number of nitrogen functional groups attached to an aromatic ring is 1. The maximum absolute atomic E-state index is 13.0. The van der Waals surface area contributed by atoms with Crippen LogP contribution in [0.15, 0.2) is 42.7 Å². The van der Waals surface area contributed by atoms with E-state index in [-0.39, 0.29) is 16.6 Å². The summed E-state index contributed by atoms with van der Waals surface area (Å²) >= 11 is 6.51. The van der Waals surface area contributed by atoms with Gasteiger partial charge in [0, 0.05) is 17.4 Å². The molecule has 12 heteroatoms. The zero-order chi connectivity index (χ0) is 22.8. The van der Waals surface area contributed by atoms with Gasteiger partial charge >= 0.3 is 6.18 Å². The molecule has 4 N–H and O–H groups in total. The van der Waals surface area contributed by atoms with Crippen molar-refractivity contribution in [3.8, 4) is 0 Å². The Morgan fingerprint density at radius 3 is 2.45 bits per heavy atom. The first-order chi connectivity index (χ1) is 14.5. The number of alkyl halides is 3. The van der Waals surface area contributed by atoms with E-state index in [1.54, 1.807) is 31.2 Å². The molecule has 2 heterocycles. The van der Waals surface area contributed by atoms with Crippen molar-refractivity contribution < 1.29 is 22.8 Å². The fraction of sp³-hybridized carbons (Fsp3) is 0.158. The zero-order valence-electron chi connectivity index (χ0n) is 15.8. The lowest BCUT2D eigenvalue weighted by Crippen LogP contribution is -2.26. The summed E-state index contributed by atoms with van der Waals surface area (Å²) in [6.07, 6.45) is -2.61. The molecule has 162 valence electrons. The van der Waals surface area contributed by atoms with Gasteiger partial charge in [0.2, 0.25) is 0 Å². The van der Waals surface area contributed by atoms with Crippen molar-refractivity contribution in [2.75, 3.05) is 11.1 Å². The molecular weight excluding hydrogens is 455 g/mol. The first-order valence-electron chi connectivity index (χ1n) is 8.71. The number of nitrogens with one attached hydrogen (secondary N) is 2. The minimum absolute atomic E-state index is 0.133. The highest BCUT2D eigenvalue weighted by molar-refractivity contribution is 7.13. The lowest BCUT2D eigenvalue weighted by molar-refractivity contribution is -0.137. The summed E-state index contributed by atoms with van der Waals surface area (Å²) in [6, 6.07) is 6.49. The Hall–Kier alpha value is -3.18. The van der Waals surface area contributed by atoms with Crippen LogP contribution in [-0.2, 0) is 6.18 Å². The molecule has 7 nitrogen and oxygen atoms in total. The molecule has 0 bridgehead atoms. The van der Waals surface area contributed by atoms with Gasteiger partial charge in [-0.3, -0.25) is 9.59 Å². The molecule has 0 fully saturated rings. The molecule has 1 atom stereocenters. The van der Waals surface area contributed by atoms with E-state index in [0.717, 1.165) is 17.5 Å². The number of aromatic nitrogens is 2. The maximum atomic E-state index is 13.0. The number of nitrogens with two attached hydrogens (primary N) is 1. The van der Waals surface area contributed by atoms with Crippen molar-refractivity contribution >= 4 is 46.3 Å². The van der Waals surface area contributed by atoms with Crippen LogP contribution in [-0.4, -0.2) is 21.8 Å². The van der Waals surface area contributed by atoms with Crippen molar-refractivity contribution in [2.45, 2.75) is 19.1 Å². The number of anilines is 2. The average molecular weight is 470 g/mol. The molecule has 2 aromatic heterocycles. The third-order valence-electron chi connectivity index (χ3n) is 4.04. The van der Waals surface area contributed by atoms with Crippen LogP contribution in [0.3, 0.4) is 0 Å². The molecule has 0 radical (unpaired) electrons. The fourth-order valence-corrected chi connectivity index (χ4v) is 3.50. The van der Waals surface area contributed by atoms with E-state index in [4.69, 9.17) is 17.3 Å². The number of nitrogens with zero attached hydrogens (tertiary/aromatic N) is 2. The Bertz CT molecular complexity index is 1120. The van der Waals surface area contributed by atoms with Crippen LogP contribution in [0.1, 0.15) is 43.6 Å². The number of hydrogen-bond acceptors (Lipinski definition) is 6. The lowest BCUT2D eigenvalue weighted by Gasteiger charge is -2.11. The second kappa shape index (κ2) is 8.90. The van der Waals surface area contributed by atoms with Gasteiger partial charge in [0.1, 0.15) is 15.7 Å². The van der Waals surface area contributed by atoms with Crippen LogP contribution in [0.5, 0.6) is 0 Å². The second-order valence-corrected chi connectivity index (χ2v) is 7.85. The van der Waals surface area contributed by atoms with Gasteiger partial charge in [-0.05, 0) is 37.3 Å². The van der Waals surface area contributed by atoms with Crippen LogP contribution >= 0.6 is 22.9 Å². The van der Waals surface area contributed by atoms with Crippen LogP contribution in [0.2, 0.25) is 5.02 Å². The Kier molecular flexibility index (Phi) is 6.46. The highest BCUT2D eigenvalue weighted by Crippen LogP contribution is 2.35. The molecule has 0 unspecified atom stereocenters. The molecule has 0 aliphatic rings. The van der Waals surface area contributed by atoms with E-state index >= 15 is 0 Å². The standard InChI is InChI=1S/C19H15ClF3N5O2S/c1-9(27-16(29)10-2-4-11(24)5-3-10)18-26-8-14(31-18)17(30)28-15-6-12(19(21,22)23)13(20)7-25-15/h2-9H,24H2,1H3,(H,27,29)(H,25,28,30)/t9-/m1/s1. The first-order valence-corrected chi connectivity index (χ1v) is 9.90. The minimum Gasteiger partial charge on any atom is -0.399 e. The molecule has 0 saturated heterocycles. The van der Waals surface area contributed by atoms with Gasteiger partial charge in [0.25, 0.3) is 11.8 Å². The summed E-state index contributed by atoms with van der Waals surface area (Å²) in [5, 5.41) is 4.90. The van der Waals surface area contributed by atoms with Crippen LogP contribution in [0.4, 0.5) is 24.7 Å². The van der Waals surface area contributed by atoms with E-state index < -0.39 is 28.7 Å². The number of pyridine rings is 1. The number of amides is 2. The summed E-state index contributed by atoms with van der Waals surface area (Å²) in [6.45, 7) is 1.69. The molecule has 0 aliphatic heterocycles. The summed E-state index contributed by atoms with van der Waals surface area (Å²) in [7, 11) is 0. The molecular formula is C19H15ClF3N5O2S. The van der Waals surface area contributed by atoms with Crippen molar-refractivity contribution in [3.63, 3.8) is 0 Å². The van der Waals surface area contributed by atoms with Crippen molar-refractivity contribution in [1.82, 2.24) is 15.3 Å². The molecule has 1 aromatic carbocycles. The van der Waals surface area contributed by atoms with E-state index in [9.17, 15) is 22.8 Å². The Balaban J connectivity index is 1.68. The van der Waals surface area contributed by atoms with Gasteiger partial charge in [0.15, 0.2) is 0 Å². The summed E-state index contributed by atoms with van der Waals surface area (Å²) in [5.74, 6) is -1.34.